The Morgan fingerprint density at radius 1 is 1.05 bits per heavy atom. The lowest BCUT2D eigenvalue weighted by Gasteiger charge is -2.36. The molecule has 1 fully saturated rings. The average molecular weight is 280 g/mol. The van der Waals surface area contributed by atoms with E-state index in [-0.39, 0.29) is 17.5 Å². The first kappa shape index (κ1) is 17.3. The van der Waals surface area contributed by atoms with E-state index in [1.807, 2.05) is 0 Å². The van der Waals surface area contributed by atoms with Gasteiger partial charge in [-0.2, -0.15) is 0 Å². The summed E-state index contributed by atoms with van der Waals surface area (Å²) >= 11 is 0. The minimum absolute atomic E-state index is 0.0833. The Labute approximate surface area is 125 Å². The van der Waals surface area contributed by atoms with Gasteiger partial charge < -0.3 is 4.74 Å². The Morgan fingerprint density at radius 2 is 1.55 bits per heavy atom. The smallest absolute Gasteiger partial charge is 0.333 e. The van der Waals surface area contributed by atoms with Gasteiger partial charge in [0, 0.05) is 5.57 Å². The van der Waals surface area contributed by atoms with Gasteiger partial charge in [-0.25, -0.2) is 4.79 Å². The van der Waals surface area contributed by atoms with Gasteiger partial charge >= 0.3 is 5.97 Å². The quantitative estimate of drug-likeness (QED) is 0.529. The molecule has 0 aromatic rings. The van der Waals surface area contributed by atoms with Crippen molar-refractivity contribution in [2.24, 2.45) is 16.7 Å². The highest BCUT2D eigenvalue weighted by atomic mass is 16.5. The van der Waals surface area contributed by atoms with Crippen molar-refractivity contribution in [1.29, 1.82) is 0 Å². The number of carbonyl (C=O) groups is 1. The Hall–Kier alpha value is -0.790. The fraction of sp³-hybridized carbons (Fsp3) is 0.833. The van der Waals surface area contributed by atoms with Gasteiger partial charge in [-0.3, -0.25) is 0 Å². The van der Waals surface area contributed by atoms with Gasteiger partial charge in [0.1, 0.15) is 6.10 Å². The van der Waals surface area contributed by atoms with E-state index < -0.39 is 0 Å². The van der Waals surface area contributed by atoms with Crippen LogP contribution in [-0.4, -0.2) is 12.1 Å². The van der Waals surface area contributed by atoms with Gasteiger partial charge in [-0.05, 0) is 48.9 Å². The molecule has 1 saturated carbocycles. The fourth-order valence-electron chi connectivity index (χ4n) is 2.99. The van der Waals surface area contributed by atoms with Crippen LogP contribution in [0.2, 0.25) is 0 Å². The van der Waals surface area contributed by atoms with Crippen molar-refractivity contribution in [1.82, 2.24) is 0 Å². The third-order valence-corrected chi connectivity index (χ3v) is 4.21. The van der Waals surface area contributed by atoms with E-state index in [1.54, 1.807) is 0 Å². The van der Waals surface area contributed by atoms with Crippen molar-refractivity contribution < 1.29 is 9.53 Å². The molecule has 0 radical (unpaired) electrons. The molecule has 0 bridgehead atoms. The van der Waals surface area contributed by atoms with Crippen molar-refractivity contribution in [3.63, 3.8) is 0 Å². The molecule has 2 nitrogen and oxygen atoms in total. The number of esters is 1. The second-order valence-corrected chi connectivity index (χ2v) is 8.59. The zero-order valence-electron chi connectivity index (χ0n) is 14.2. The summed E-state index contributed by atoms with van der Waals surface area (Å²) in [5.41, 5.74) is 1.06. The minimum Gasteiger partial charge on any atom is -0.459 e. The fourth-order valence-corrected chi connectivity index (χ4v) is 2.99. The van der Waals surface area contributed by atoms with Crippen molar-refractivity contribution in [3.8, 4) is 0 Å². The SMILES string of the molecule is C=C(CC(C)(C)C)C(=O)OC1CCC(C(C)(C)C)CC1. The zero-order chi connectivity index (χ0) is 15.6. The normalized spacial score (nSPS) is 24.3. The molecule has 0 spiro atoms. The molecule has 0 heterocycles. The largest absolute Gasteiger partial charge is 0.459 e. The lowest BCUT2D eigenvalue weighted by Crippen LogP contribution is -2.30. The van der Waals surface area contributed by atoms with Crippen LogP contribution in [0.1, 0.15) is 73.6 Å². The van der Waals surface area contributed by atoms with Crippen LogP contribution in [0, 0.1) is 16.7 Å². The number of hydrogen-bond acceptors (Lipinski definition) is 2. The molecule has 0 amide bonds. The van der Waals surface area contributed by atoms with Gasteiger partial charge in [0.05, 0.1) is 0 Å². The van der Waals surface area contributed by atoms with Crippen molar-refractivity contribution >= 4 is 5.97 Å². The summed E-state index contributed by atoms with van der Waals surface area (Å²) in [6, 6.07) is 0. The average Bonchev–Trinajstić information content (AvgIpc) is 2.26. The van der Waals surface area contributed by atoms with Crippen molar-refractivity contribution in [2.75, 3.05) is 0 Å². The van der Waals surface area contributed by atoms with Crippen LogP contribution in [0.5, 0.6) is 0 Å². The first-order valence-corrected chi connectivity index (χ1v) is 7.88. The lowest BCUT2D eigenvalue weighted by atomic mass is 9.72. The molecule has 0 aromatic heterocycles. The van der Waals surface area contributed by atoms with Crippen LogP contribution < -0.4 is 0 Å². The van der Waals surface area contributed by atoms with E-state index in [0.29, 0.717) is 17.4 Å². The predicted octanol–water partition coefficient (Wildman–Crippen LogP) is 5.13. The van der Waals surface area contributed by atoms with E-state index in [2.05, 4.69) is 48.1 Å². The molecule has 0 aliphatic heterocycles. The molecule has 0 atom stereocenters. The third-order valence-electron chi connectivity index (χ3n) is 4.21. The molecule has 0 saturated heterocycles. The van der Waals surface area contributed by atoms with Crippen molar-refractivity contribution in [2.45, 2.75) is 79.8 Å². The molecular weight excluding hydrogens is 248 g/mol. The molecule has 1 rings (SSSR count). The summed E-state index contributed by atoms with van der Waals surface area (Å²) in [5, 5.41) is 0. The van der Waals surface area contributed by atoms with Gasteiger partial charge in [-0.15, -0.1) is 0 Å². The highest BCUT2D eigenvalue weighted by Crippen LogP contribution is 2.38. The molecule has 20 heavy (non-hydrogen) atoms. The number of hydrogen-bond donors (Lipinski definition) is 0. The maximum absolute atomic E-state index is 12.0. The second kappa shape index (κ2) is 6.32. The van der Waals surface area contributed by atoms with E-state index in [9.17, 15) is 4.79 Å². The van der Waals surface area contributed by atoms with Gasteiger partial charge in [0.25, 0.3) is 0 Å². The van der Waals surface area contributed by atoms with Crippen LogP contribution in [0.15, 0.2) is 12.2 Å². The Morgan fingerprint density at radius 3 is 1.95 bits per heavy atom. The topological polar surface area (TPSA) is 26.3 Å². The molecule has 2 heteroatoms. The zero-order valence-corrected chi connectivity index (χ0v) is 14.2. The first-order valence-electron chi connectivity index (χ1n) is 7.88. The van der Waals surface area contributed by atoms with E-state index in [1.165, 1.54) is 0 Å². The second-order valence-electron chi connectivity index (χ2n) is 8.59. The van der Waals surface area contributed by atoms with E-state index >= 15 is 0 Å². The predicted molar refractivity (Wildman–Crippen MR) is 84.5 cm³/mol. The van der Waals surface area contributed by atoms with Crippen molar-refractivity contribution in [3.05, 3.63) is 12.2 Å². The van der Waals surface area contributed by atoms with E-state index in [4.69, 9.17) is 4.74 Å². The number of carbonyl (C=O) groups excluding carboxylic acids is 1. The molecule has 0 unspecified atom stereocenters. The number of rotatable bonds is 3. The van der Waals surface area contributed by atoms with Gasteiger partial charge in [0.2, 0.25) is 0 Å². The van der Waals surface area contributed by atoms with Gasteiger partial charge in [-0.1, -0.05) is 48.1 Å². The summed E-state index contributed by atoms with van der Waals surface area (Å²) < 4.78 is 5.62. The van der Waals surface area contributed by atoms with E-state index in [0.717, 1.165) is 31.6 Å². The van der Waals surface area contributed by atoms with Crippen LogP contribution in [0.25, 0.3) is 0 Å². The summed E-state index contributed by atoms with van der Waals surface area (Å²) in [6.07, 6.45) is 5.11. The Bertz CT molecular complexity index is 347. The summed E-state index contributed by atoms with van der Waals surface area (Å²) in [7, 11) is 0. The standard InChI is InChI=1S/C18H32O2/c1-13(12-17(2,3)4)16(19)20-15-10-8-14(9-11-15)18(5,6)7/h14-15H,1,8-12H2,2-7H3. The van der Waals surface area contributed by atoms with Crippen LogP contribution in [-0.2, 0) is 9.53 Å². The van der Waals surface area contributed by atoms with Crippen LogP contribution >= 0.6 is 0 Å². The molecule has 0 N–H and O–H groups in total. The Balaban J connectivity index is 2.40. The monoisotopic (exact) mass is 280 g/mol. The highest BCUT2D eigenvalue weighted by molar-refractivity contribution is 5.87. The molecule has 116 valence electrons. The maximum atomic E-state index is 12.0. The van der Waals surface area contributed by atoms with Gasteiger partial charge in [0.15, 0.2) is 0 Å². The minimum atomic E-state index is -0.195. The molecular formula is C18H32O2. The molecule has 1 aliphatic carbocycles. The number of ether oxygens (including phenoxy) is 1. The van der Waals surface area contributed by atoms with Crippen LogP contribution in [0.3, 0.4) is 0 Å². The Kier molecular flexibility index (Phi) is 5.46. The molecule has 1 aliphatic rings. The first-order chi connectivity index (χ1) is 8.99. The third kappa shape index (κ3) is 5.68. The highest BCUT2D eigenvalue weighted by Gasteiger charge is 2.31. The maximum Gasteiger partial charge on any atom is 0.333 e. The summed E-state index contributed by atoms with van der Waals surface area (Å²) in [4.78, 5) is 12.0. The molecule has 0 aromatic carbocycles. The summed E-state index contributed by atoms with van der Waals surface area (Å²) in [6.45, 7) is 17.1. The van der Waals surface area contributed by atoms with Crippen LogP contribution in [0.4, 0.5) is 0 Å². The lowest BCUT2D eigenvalue weighted by molar-refractivity contribution is -0.147. The summed E-state index contributed by atoms with van der Waals surface area (Å²) in [5.74, 6) is 0.550.